The molecule has 0 saturated heterocycles. The zero-order valence-electron chi connectivity index (χ0n) is 9.54. The lowest BCUT2D eigenvalue weighted by atomic mass is 10.2. The Bertz CT molecular complexity index is 482. The van der Waals surface area contributed by atoms with Crippen LogP contribution in [0.1, 0.15) is 19.3 Å². The first-order valence-corrected chi connectivity index (χ1v) is 6.13. The maximum atomic E-state index is 5.84. The van der Waals surface area contributed by atoms with E-state index in [1.54, 1.807) is 0 Å². The highest BCUT2D eigenvalue weighted by Crippen LogP contribution is 2.20. The van der Waals surface area contributed by atoms with Crippen molar-refractivity contribution >= 4 is 28.5 Å². The first-order valence-electron chi connectivity index (χ1n) is 5.76. The van der Waals surface area contributed by atoms with Gasteiger partial charge in [-0.05, 0) is 37.1 Å². The summed E-state index contributed by atoms with van der Waals surface area (Å²) in [5.41, 5.74) is 6.20. The van der Waals surface area contributed by atoms with Gasteiger partial charge in [-0.25, -0.2) is 4.98 Å². The van der Waals surface area contributed by atoms with E-state index in [1.807, 2.05) is 12.3 Å². The molecule has 0 aliphatic carbocycles. The molecule has 2 aromatic rings. The van der Waals surface area contributed by atoms with Crippen LogP contribution in [0, 0.1) is 0 Å². The summed E-state index contributed by atoms with van der Waals surface area (Å²) in [6, 6.07) is 1.94. The molecular formula is C11H16ClN5. The number of anilines is 1. The minimum absolute atomic E-state index is 0.254. The number of H-pyrrole nitrogens is 1. The van der Waals surface area contributed by atoms with Gasteiger partial charge in [0.2, 0.25) is 5.28 Å². The van der Waals surface area contributed by atoms with Gasteiger partial charge < -0.3 is 16.0 Å². The van der Waals surface area contributed by atoms with Crippen LogP contribution in [0.2, 0.25) is 5.28 Å². The molecule has 2 heterocycles. The summed E-state index contributed by atoms with van der Waals surface area (Å²) in [4.78, 5) is 11.3. The molecule has 2 rings (SSSR count). The minimum Gasteiger partial charge on any atom is -0.369 e. The van der Waals surface area contributed by atoms with Crippen LogP contribution in [-0.4, -0.2) is 28.0 Å². The summed E-state index contributed by atoms with van der Waals surface area (Å²) in [6.45, 7) is 1.62. The zero-order valence-corrected chi connectivity index (χ0v) is 10.3. The van der Waals surface area contributed by atoms with E-state index in [2.05, 4.69) is 20.3 Å². The van der Waals surface area contributed by atoms with E-state index in [0.29, 0.717) is 0 Å². The standard InChI is InChI=1S/C11H16ClN5/c12-11-16-9(14-6-3-1-2-5-13)8-4-7-15-10(8)17-11/h4,7H,1-3,5-6,13H2,(H2,14,15,16,17). The van der Waals surface area contributed by atoms with Crippen molar-refractivity contribution in [1.29, 1.82) is 0 Å². The zero-order chi connectivity index (χ0) is 12.1. The Balaban J connectivity index is 2.00. The van der Waals surface area contributed by atoms with E-state index in [9.17, 15) is 0 Å². The number of unbranched alkanes of at least 4 members (excludes halogenated alkanes) is 2. The molecule has 2 aromatic heterocycles. The Morgan fingerprint density at radius 1 is 1.29 bits per heavy atom. The molecule has 0 spiro atoms. The average molecular weight is 254 g/mol. The van der Waals surface area contributed by atoms with Gasteiger partial charge in [0.15, 0.2) is 0 Å². The van der Waals surface area contributed by atoms with Crippen LogP contribution in [0.25, 0.3) is 11.0 Å². The van der Waals surface area contributed by atoms with Crippen LogP contribution in [-0.2, 0) is 0 Å². The van der Waals surface area contributed by atoms with Crippen molar-refractivity contribution in [3.8, 4) is 0 Å². The maximum Gasteiger partial charge on any atom is 0.226 e. The predicted octanol–water partition coefficient (Wildman–Crippen LogP) is 2.15. The van der Waals surface area contributed by atoms with Crippen molar-refractivity contribution < 1.29 is 0 Å². The number of hydrogen-bond acceptors (Lipinski definition) is 4. The summed E-state index contributed by atoms with van der Waals surface area (Å²) in [7, 11) is 0. The molecule has 0 amide bonds. The van der Waals surface area contributed by atoms with Crippen LogP contribution in [0.5, 0.6) is 0 Å². The van der Waals surface area contributed by atoms with Gasteiger partial charge in [-0.2, -0.15) is 4.98 Å². The summed E-state index contributed by atoms with van der Waals surface area (Å²) in [6.07, 6.45) is 5.09. The van der Waals surface area contributed by atoms with Gasteiger partial charge in [-0.1, -0.05) is 6.42 Å². The highest BCUT2D eigenvalue weighted by molar-refractivity contribution is 6.28. The Labute approximate surface area is 105 Å². The molecule has 0 aromatic carbocycles. The number of aromatic nitrogens is 3. The second-order valence-corrected chi connectivity index (χ2v) is 4.20. The van der Waals surface area contributed by atoms with Crippen molar-refractivity contribution in [3.63, 3.8) is 0 Å². The second kappa shape index (κ2) is 5.84. The number of nitrogens with one attached hydrogen (secondary N) is 2. The van der Waals surface area contributed by atoms with Gasteiger partial charge in [-0.15, -0.1) is 0 Å². The summed E-state index contributed by atoms with van der Waals surface area (Å²) < 4.78 is 0. The Morgan fingerprint density at radius 3 is 3.00 bits per heavy atom. The molecule has 0 bridgehead atoms. The first-order chi connectivity index (χ1) is 8.31. The lowest BCUT2D eigenvalue weighted by Gasteiger charge is -2.06. The van der Waals surface area contributed by atoms with Crippen molar-refractivity contribution in [2.24, 2.45) is 5.73 Å². The molecule has 5 nitrogen and oxygen atoms in total. The van der Waals surface area contributed by atoms with E-state index in [0.717, 1.165) is 49.2 Å². The number of nitrogens with two attached hydrogens (primary N) is 1. The lowest BCUT2D eigenvalue weighted by Crippen LogP contribution is -2.06. The van der Waals surface area contributed by atoms with Crippen molar-refractivity contribution in [1.82, 2.24) is 15.0 Å². The normalized spacial score (nSPS) is 10.9. The molecule has 0 aliphatic rings. The van der Waals surface area contributed by atoms with E-state index in [-0.39, 0.29) is 5.28 Å². The van der Waals surface area contributed by atoms with Gasteiger partial charge in [0.05, 0.1) is 5.39 Å². The van der Waals surface area contributed by atoms with Crippen LogP contribution < -0.4 is 11.1 Å². The maximum absolute atomic E-state index is 5.84. The van der Waals surface area contributed by atoms with Crippen molar-refractivity contribution in [3.05, 3.63) is 17.5 Å². The Hall–Kier alpha value is -1.33. The topological polar surface area (TPSA) is 79.6 Å². The van der Waals surface area contributed by atoms with E-state index < -0.39 is 0 Å². The largest absolute Gasteiger partial charge is 0.369 e. The number of fused-ring (bicyclic) bond motifs is 1. The molecule has 0 atom stereocenters. The molecular weight excluding hydrogens is 238 g/mol. The second-order valence-electron chi connectivity index (χ2n) is 3.86. The smallest absolute Gasteiger partial charge is 0.226 e. The minimum atomic E-state index is 0.254. The Morgan fingerprint density at radius 2 is 2.18 bits per heavy atom. The SMILES string of the molecule is NCCCCCNc1nc(Cl)nc2[nH]ccc12. The van der Waals surface area contributed by atoms with Crippen LogP contribution in [0.15, 0.2) is 12.3 Å². The van der Waals surface area contributed by atoms with Crippen LogP contribution in [0.3, 0.4) is 0 Å². The Kier molecular flexibility index (Phi) is 4.17. The average Bonchev–Trinajstić information content (AvgIpc) is 2.76. The quantitative estimate of drug-likeness (QED) is 0.544. The van der Waals surface area contributed by atoms with E-state index in [4.69, 9.17) is 17.3 Å². The number of rotatable bonds is 6. The lowest BCUT2D eigenvalue weighted by molar-refractivity contribution is 0.706. The summed E-state index contributed by atoms with van der Waals surface area (Å²) in [5.74, 6) is 0.786. The highest BCUT2D eigenvalue weighted by atomic mass is 35.5. The molecule has 17 heavy (non-hydrogen) atoms. The molecule has 4 N–H and O–H groups in total. The third-order valence-corrected chi connectivity index (χ3v) is 2.73. The predicted molar refractivity (Wildman–Crippen MR) is 70.3 cm³/mol. The van der Waals surface area contributed by atoms with Crippen LogP contribution >= 0.6 is 11.6 Å². The van der Waals surface area contributed by atoms with Gasteiger partial charge in [0.25, 0.3) is 0 Å². The van der Waals surface area contributed by atoms with Crippen molar-refractivity contribution in [2.75, 3.05) is 18.4 Å². The number of hydrogen-bond donors (Lipinski definition) is 3. The van der Waals surface area contributed by atoms with Gasteiger partial charge in [0, 0.05) is 12.7 Å². The van der Waals surface area contributed by atoms with E-state index in [1.165, 1.54) is 0 Å². The molecule has 0 fully saturated rings. The highest BCUT2D eigenvalue weighted by Gasteiger charge is 2.06. The molecule has 92 valence electrons. The summed E-state index contributed by atoms with van der Waals surface area (Å²) >= 11 is 5.84. The fraction of sp³-hybridized carbons (Fsp3) is 0.455. The third kappa shape index (κ3) is 3.08. The monoisotopic (exact) mass is 253 g/mol. The van der Waals surface area contributed by atoms with Crippen LogP contribution in [0.4, 0.5) is 5.82 Å². The molecule has 0 aliphatic heterocycles. The fourth-order valence-corrected chi connectivity index (χ4v) is 1.87. The molecule has 0 unspecified atom stereocenters. The number of nitrogens with zero attached hydrogens (tertiary/aromatic N) is 2. The number of halogens is 1. The first kappa shape index (κ1) is 12.1. The summed E-state index contributed by atoms with van der Waals surface area (Å²) in [5, 5.41) is 4.50. The van der Waals surface area contributed by atoms with Gasteiger partial charge in [0.1, 0.15) is 11.5 Å². The molecule has 0 saturated carbocycles. The van der Waals surface area contributed by atoms with E-state index >= 15 is 0 Å². The molecule has 0 radical (unpaired) electrons. The number of aromatic amines is 1. The van der Waals surface area contributed by atoms with Crippen molar-refractivity contribution in [2.45, 2.75) is 19.3 Å². The van der Waals surface area contributed by atoms with Gasteiger partial charge >= 0.3 is 0 Å². The fourth-order valence-electron chi connectivity index (χ4n) is 1.70. The van der Waals surface area contributed by atoms with Gasteiger partial charge in [-0.3, -0.25) is 0 Å². The molecule has 6 heteroatoms. The third-order valence-electron chi connectivity index (χ3n) is 2.56.